The third-order valence-corrected chi connectivity index (χ3v) is 3.93. The van der Waals surface area contributed by atoms with Crippen molar-refractivity contribution < 1.29 is 4.79 Å². The highest BCUT2D eigenvalue weighted by molar-refractivity contribution is 6.10. The molecule has 1 atom stereocenters. The van der Waals surface area contributed by atoms with Gasteiger partial charge in [0.15, 0.2) is 5.95 Å². The lowest BCUT2D eigenvalue weighted by atomic mass is 9.86. The molecule has 0 aliphatic carbocycles. The predicted molar refractivity (Wildman–Crippen MR) is 79.3 cm³/mol. The van der Waals surface area contributed by atoms with Crippen LogP contribution in [0.2, 0.25) is 0 Å². The zero-order valence-corrected chi connectivity index (χ0v) is 11.7. The molecule has 0 saturated carbocycles. The first-order chi connectivity index (χ1) is 9.36. The molecule has 1 aromatic heterocycles. The fourth-order valence-corrected chi connectivity index (χ4v) is 2.75. The van der Waals surface area contributed by atoms with Crippen LogP contribution in [0.5, 0.6) is 0 Å². The Hall–Kier alpha value is -2.48. The van der Waals surface area contributed by atoms with Crippen molar-refractivity contribution in [1.29, 1.82) is 0 Å². The van der Waals surface area contributed by atoms with Crippen LogP contribution in [0.4, 0.5) is 11.6 Å². The zero-order chi connectivity index (χ0) is 14.7. The second-order valence-electron chi connectivity index (χ2n) is 5.65. The van der Waals surface area contributed by atoms with Gasteiger partial charge in [0.2, 0.25) is 5.91 Å². The van der Waals surface area contributed by atoms with Crippen LogP contribution in [0.1, 0.15) is 26.3 Å². The van der Waals surface area contributed by atoms with E-state index in [0.29, 0.717) is 5.95 Å². The fraction of sp³-hybridized carbons (Fsp3) is 0.333. The van der Waals surface area contributed by atoms with Gasteiger partial charge in [0.25, 0.3) is 0 Å². The number of hydrogen-bond acceptors (Lipinski definition) is 3. The van der Waals surface area contributed by atoms with Crippen molar-refractivity contribution in [2.45, 2.75) is 32.2 Å². The highest BCUT2D eigenvalue weighted by Gasteiger charge is 2.45. The standard InChI is InChI=1S/C15H16N4O/c1-5-8(2)19-12-7-11-10(17-14(16)18-11)6-9(12)15(3,4)13(19)20/h1,6-8H,2-4H3,(H3,16,17,18). The van der Waals surface area contributed by atoms with Crippen molar-refractivity contribution in [3.8, 4) is 12.3 Å². The monoisotopic (exact) mass is 268 g/mol. The third-order valence-electron chi connectivity index (χ3n) is 3.93. The van der Waals surface area contributed by atoms with E-state index in [1.165, 1.54) is 0 Å². The van der Waals surface area contributed by atoms with E-state index in [1.807, 2.05) is 32.9 Å². The number of amides is 1. The third kappa shape index (κ3) is 1.45. The Labute approximate surface area is 117 Å². The number of rotatable bonds is 1. The van der Waals surface area contributed by atoms with Gasteiger partial charge in [-0.1, -0.05) is 5.92 Å². The molecule has 1 aliphatic heterocycles. The molecule has 5 heteroatoms. The summed E-state index contributed by atoms with van der Waals surface area (Å²) in [6.07, 6.45) is 5.49. The van der Waals surface area contributed by atoms with Crippen molar-refractivity contribution in [2.75, 3.05) is 10.6 Å². The van der Waals surface area contributed by atoms with E-state index in [2.05, 4.69) is 15.9 Å². The minimum absolute atomic E-state index is 0.0126. The Kier molecular flexibility index (Phi) is 2.36. The van der Waals surface area contributed by atoms with E-state index < -0.39 is 5.41 Å². The van der Waals surface area contributed by atoms with Crippen LogP contribution in [0.15, 0.2) is 12.1 Å². The number of aromatic nitrogens is 2. The van der Waals surface area contributed by atoms with Gasteiger partial charge < -0.3 is 10.7 Å². The summed E-state index contributed by atoms with van der Waals surface area (Å²) in [7, 11) is 0. The molecule has 1 amide bonds. The number of terminal acetylenes is 1. The molecule has 3 rings (SSSR count). The Morgan fingerprint density at radius 1 is 1.50 bits per heavy atom. The van der Waals surface area contributed by atoms with Gasteiger partial charge in [-0.3, -0.25) is 9.69 Å². The number of nitrogens with two attached hydrogens (primary N) is 1. The van der Waals surface area contributed by atoms with Crippen molar-refractivity contribution in [3.63, 3.8) is 0 Å². The first kappa shape index (κ1) is 12.5. The smallest absolute Gasteiger partial charge is 0.238 e. The maximum absolute atomic E-state index is 12.6. The Balaban J connectivity index is 2.31. The number of fused-ring (bicyclic) bond motifs is 2. The number of benzene rings is 1. The van der Waals surface area contributed by atoms with Crippen LogP contribution in [0.3, 0.4) is 0 Å². The van der Waals surface area contributed by atoms with Crippen molar-refractivity contribution in [1.82, 2.24) is 9.97 Å². The van der Waals surface area contributed by atoms with Crippen LogP contribution in [0.25, 0.3) is 11.0 Å². The molecule has 20 heavy (non-hydrogen) atoms. The summed E-state index contributed by atoms with van der Waals surface area (Å²) in [6.45, 7) is 5.65. The van der Waals surface area contributed by atoms with Gasteiger partial charge in [0.1, 0.15) is 0 Å². The molecule has 5 nitrogen and oxygen atoms in total. The lowest BCUT2D eigenvalue weighted by Crippen LogP contribution is -2.41. The van der Waals surface area contributed by atoms with E-state index in [4.69, 9.17) is 12.2 Å². The Morgan fingerprint density at radius 2 is 2.20 bits per heavy atom. The minimum atomic E-state index is -0.609. The molecule has 3 N–H and O–H groups in total. The summed E-state index contributed by atoms with van der Waals surface area (Å²) < 4.78 is 0. The van der Waals surface area contributed by atoms with Crippen molar-refractivity contribution >= 4 is 28.6 Å². The average Bonchev–Trinajstić information content (AvgIpc) is 2.83. The van der Waals surface area contributed by atoms with E-state index >= 15 is 0 Å². The highest BCUT2D eigenvalue weighted by Crippen LogP contribution is 2.44. The highest BCUT2D eigenvalue weighted by atomic mass is 16.2. The molecule has 0 bridgehead atoms. The molecular formula is C15H16N4O. The predicted octanol–water partition coefficient (Wildman–Crippen LogP) is 1.79. The van der Waals surface area contributed by atoms with Crippen LogP contribution in [0, 0.1) is 12.3 Å². The van der Waals surface area contributed by atoms with Crippen molar-refractivity contribution in [2.24, 2.45) is 0 Å². The molecule has 0 radical (unpaired) electrons. The van der Waals surface area contributed by atoms with Gasteiger partial charge in [0, 0.05) is 0 Å². The van der Waals surface area contributed by atoms with Crippen LogP contribution >= 0.6 is 0 Å². The number of carbonyl (C=O) groups excluding carboxylic acids is 1. The number of nitrogen functional groups attached to an aromatic ring is 1. The molecule has 0 saturated heterocycles. The number of carbonyl (C=O) groups is 1. The largest absolute Gasteiger partial charge is 0.369 e. The van der Waals surface area contributed by atoms with Crippen LogP contribution in [-0.2, 0) is 10.2 Å². The second-order valence-corrected chi connectivity index (χ2v) is 5.65. The average molecular weight is 268 g/mol. The lowest BCUT2D eigenvalue weighted by molar-refractivity contribution is -0.122. The molecule has 0 fully saturated rings. The number of H-pyrrole nitrogens is 1. The van der Waals surface area contributed by atoms with Gasteiger partial charge in [-0.15, -0.1) is 6.42 Å². The van der Waals surface area contributed by atoms with Gasteiger partial charge in [-0.05, 0) is 38.5 Å². The summed E-state index contributed by atoms with van der Waals surface area (Å²) in [5, 5.41) is 0. The summed E-state index contributed by atoms with van der Waals surface area (Å²) in [4.78, 5) is 21.5. The number of hydrogen-bond donors (Lipinski definition) is 2. The Bertz CT molecular complexity index is 766. The van der Waals surface area contributed by atoms with E-state index in [0.717, 1.165) is 22.3 Å². The lowest BCUT2D eigenvalue weighted by Gasteiger charge is -2.23. The number of nitrogens with one attached hydrogen (secondary N) is 1. The molecular weight excluding hydrogens is 252 g/mol. The fourth-order valence-electron chi connectivity index (χ4n) is 2.75. The number of nitrogens with zero attached hydrogens (tertiary/aromatic N) is 2. The number of imidazole rings is 1. The molecule has 2 heterocycles. The first-order valence-electron chi connectivity index (χ1n) is 6.45. The number of aromatic amines is 1. The second kappa shape index (κ2) is 3.76. The normalized spacial score (nSPS) is 18.1. The van der Waals surface area contributed by atoms with Crippen LogP contribution in [-0.4, -0.2) is 21.9 Å². The zero-order valence-electron chi connectivity index (χ0n) is 11.7. The van der Waals surface area contributed by atoms with E-state index in [-0.39, 0.29) is 11.9 Å². The molecule has 1 unspecified atom stereocenters. The maximum atomic E-state index is 12.6. The quantitative estimate of drug-likeness (QED) is 0.774. The summed E-state index contributed by atoms with van der Waals surface area (Å²) in [5.41, 5.74) is 8.41. The van der Waals surface area contributed by atoms with E-state index in [9.17, 15) is 4.79 Å². The van der Waals surface area contributed by atoms with E-state index in [1.54, 1.807) is 4.90 Å². The summed E-state index contributed by atoms with van der Waals surface area (Å²) >= 11 is 0. The molecule has 1 aromatic carbocycles. The SMILES string of the molecule is C#CC(C)N1C(=O)C(C)(C)c2cc3nc(N)[nH]c3cc21. The first-order valence-corrected chi connectivity index (χ1v) is 6.45. The van der Waals surface area contributed by atoms with Crippen LogP contribution < -0.4 is 10.6 Å². The molecule has 0 spiro atoms. The molecule has 102 valence electrons. The minimum Gasteiger partial charge on any atom is -0.369 e. The number of anilines is 2. The molecule has 1 aliphatic rings. The van der Waals surface area contributed by atoms with Crippen molar-refractivity contribution in [3.05, 3.63) is 17.7 Å². The van der Waals surface area contributed by atoms with Gasteiger partial charge in [0.05, 0.1) is 28.2 Å². The topological polar surface area (TPSA) is 75.0 Å². The van der Waals surface area contributed by atoms with Gasteiger partial charge >= 0.3 is 0 Å². The Morgan fingerprint density at radius 3 is 2.85 bits per heavy atom. The van der Waals surface area contributed by atoms with Gasteiger partial charge in [-0.2, -0.15) is 0 Å². The summed E-state index contributed by atoms with van der Waals surface area (Å²) in [5.74, 6) is 3.00. The maximum Gasteiger partial charge on any atom is 0.238 e. The molecule has 2 aromatic rings. The summed E-state index contributed by atoms with van der Waals surface area (Å²) in [6, 6.07) is 3.52. The van der Waals surface area contributed by atoms with Gasteiger partial charge in [-0.25, -0.2) is 4.98 Å².